The Labute approximate surface area is 184 Å². The summed E-state index contributed by atoms with van der Waals surface area (Å²) in [6.45, 7) is 4.25. The zero-order chi connectivity index (χ0) is 22.2. The van der Waals surface area contributed by atoms with Gasteiger partial charge >= 0.3 is 0 Å². The van der Waals surface area contributed by atoms with Crippen LogP contribution in [0.4, 0.5) is 10.3 Å². The van der Waals surface area contributed by atoms with Gasteiger partial charge in [-0.1, -0.05) is 32.0 Å². The summed E-state index contributed by atoms with van der Waals surface area (Å²) in [4.78, 5) is 9.06. The molecule has 5 aromatic rings. The van der Waals surface area contributed by atoms with E-state index in [1.165, 1.54) is 12.1 Å². The summed E-state index contributed by atoms with van der Waals surface area (Å²) in [5, 5.41) is 8.71. The molecule has 0 saturated carbocycles. The Morgan fingerprint density at radius 2 is 1.69 bits per heavy atom. The zero-order valence-electron chi connectivity index (χ0n) is 17.7. The SMILES string of the molecule is CC(C)[C@H](c1ccc(F)cc1)n1cc(-c2cccc(-c3ccn4nc(N)nc4c3)n2)cn1. The lowest BCUT2D eigenvalue weighted by atomic mass is 9.96. The van der Waals surface area contributed by atoms with Gasteiger partial charge in [0.05, 0.1) is 23.6 Å². The lowest BCUT2D eigenvalue weighted by Gasteiger charge is -2.22. The van der Waals surface area contributed by atoms with E-state index >= 15 is 0 Å². The van der Waals surface area contributed by atoms with Crippen LogP contribution in [-0.4, -0.2) is 29.4 Å². The van der Waals surface area contributed by atoms with E-state index in [-0.39, 0.29) is 23.7 Å². The van der Waals surface area contributed by atoms with Gasteiger partial charge < -0.3 is 5.73 Å². The maximum Gasteiger partial charge on any atom is 0.240 e. The number of benzene rings is 1. The van der Waals surface area contributed by atoms with E-state index in [4.69, 9.17) is 10.7 Å². The largest absolute Gasteiger partial charge is 0.366 e. The molecule has 0 spiro atoms. The van der Waals surface area contributed by atoms with Gasteiger partial charge in [0.1, 0.15) is 5.82 Å². The number of halogens is 1. The average molecular weight is 427 g/mol. The maximum absolute atomic E-state index is 13.4. The summed E-state index contributed by atoms with van der Waals surface area (Å²) in [6, 6.07) is 16.3. The van der Waals surface area contributed by atoms with Crippen LogP contribution >= 0.6 is 0 Å². The van der Waals surface area contributed by atoms with Gasteiger partial charge in [0.2, 0.25) is 5.95 Å². The minimum Gasteiger partial charge on any atom is -0.366 e. The van der Waals surface area contributed by atoms with Crippen molar-refractivity contribution in [2.75, 3.05) is 5.73 Å². The predicted octanol–water partition coefficient (Wildman–Crippen LogP) is 4.62. The van der Waals surface area contributed by atoms with E-state index in [1.54, 1.807) is 4.52 Å². The number of aromatic nitrogens is 6. The number of nitrogens with zero attached hydrogens (tertiary/aromatic N) is 6. The minimum absolute atomic E-state index is 0.00617. The lowest BCUT2D eigenvalue weighted by molar-refractivity contribution is 0.402. The van der Waals surface area contributed by atoms with Crippen LogP contribution in [0.15, 0.2) is 73.2 Å². The quantitative estimate of drug-likeness (QED) is 0.442. The molecule has 4 heterocycles. The Morgan fingerprint density at radius 3 is 2.44 bits per heavy atom. The second-order valence-corrected chi connectivity index (χ2v) is 8.05. The second kappa shape index (κ2) is 7.88. The summed E-state index contributed by atoms with van der Waals surface area (Å²) in [6.07, 6.45) is 5.62. The monoisotopic (exact) mass is 427 g/mol. The molecule has 7 nitrogen and oxygen atoms in total. The molecular formula is C24H22FN7. The molecule has 5 rings (SSSR count). The first-order valence-corrected chi connectivity index (χ1v) is 10.4. The standard InChI is InChI=1S/C24H22FN7/c1-15(2)23(16-6-8-19(25)9-7-16)32-14-18(13-27-32)21-5-3-4-20(28-21)17-10-11-31-22(12-17)29-24(26)30-31/h3-15,23H,1-2H3,(H2,26,30)/t23-/m1/s1. The molecule has 8 heteroatoms. The van der Waals surface area contributed by atoms with Crippen molar-refractivity contribution in [1.29, 1.82) is 0 Å². The molecule has 2 N–H and O–H groups in total. The molecule has 0 fully saturated rings. The molecule has 1 atom stereocenters. The Kier molecular flexibility index (Phi) is 4.89. The number of nitrogen functional groups attached to an aromatic ring is 1. The summed E-state index contributed by atoms with van der Waals surface area (Å²) in [5.74, 6) is 0.261. The van der Waals surface area contributed by atoms with E-state index in [9.17, 15) is 4.39 Å². The Balaban J connectivity index is 1.48. The topological polar surface area (TPSA) is 86.9 Å². The molecule has 0 amide bonds. The van der Waals surface area contributed by atoms with Crippen molar-refractivity contribution in [3.8, 4) is 22.5 Å². The van der Waals surface area contributed by atoms with Crippen LogP contribution in [0.3, 0.4) is 0 Å². The Bertz CT molecular complexity index is 1390. The van der Waals surface area contributed by atoms with Crippen LogP contribution in [0.25, 0.3) is 28.2 Å². The van der Waals surface area contributed by atoms with E-state index in [1.807, 2.05) is 65.7 Å². The first kappa shape index (κ1) is 19.9. The van der Waals surface area contributed by atoms with Crippen molar-refractivity contribution >= 4 is 11.6 Å². The number of pyridine rings is 2. The van der Waals surface area contributed by atoms with E-state index in [0.717, 1.165) is 28.1 Å². The van der Waals surface area contributed by atoms with Crippen molar-refractivity contribution in [3.63, 3.8) is 0 Å². The number of hydrogen-bond acceptors (Lipinski definition) is 5. The lowest BCUT2D eigenvalue weighted by Crippen LogP contribution is -2.17. The van der Waals surface area contributed by atoms with Crippen molar-refractivity contribution in [3.05, 3.63) is 84.6 Å². The van der Waals surface area contributed by atoms with Crippen molar-refractivity contribution in [2.45, 2.75) is 19.9 Å². The highest BCUT2D eigenvalue weighted by Crippen LogP contribution is 2.29. The van der Waals surface area contributed by atoms with Crippen LogP contribution in [0, 0.1) is 11.7 Å². The molecule has 160 valence electrons. The maximum atomic E-state index is 13.4. The van der Waals surface area contributed by atoms with Gasteiger partial charge in [-0.25, -0.2) is 13.9 Å². The van der Waals surface area contributed by atoms with Gasteiger partial charge in [0, 0.05) is 23.5 Å². The highest BCUT2D eigenvalue weighted by atomic mass is 19.1. The van der Waals surface area contributed by atoms with Crippen LogP contribution < -0.4 is 5.73 Å². The third-order valence-corrected chi connectivity index (χ3v) is 5.42. The summed E-state index contributed by atoms with van der Waals surface area (Å²) in [5.41, 5.74) is 10.8. The third-order valence-electron chi connectivity index (χ3n) is 5.42. The van der Waals surface area contributed by atoms with Gasteiger partial charge in [0.15, 0.2) is 5.65 Å². The molecule has 4 aromatic heterocycles. The number of anilines is 1. The second-order valence-electron chi connectivity index (χ2n) is 8.05. The van der Waals surface area contributed by atoms with Gasteiger partial charge in [-0.15, -0.1) is 5.10 Å². The fourth-order valence-electron chi connectivity index (χ4n) is 3.94. The molecule has 0 unspecified atom stereocenters. The van der Waals surface area contributed by atoms with Crippen molar-refractivity contribution < 1.29 is 4.39 Å². The fraction of sp³-hybridized carbons (Fsp3) is 0.167. The van der Waals surface area contributed by atoms with Gasteiger partial charge in [-0.05, 0) is 47.9 Å². The summed E-state index contributed by atoms with van der Waals surface area (Å²) >= 11 is 0. The van der Waals surface area contributed by atoms with Crippen LogP contribution in [0.5, 0.6) is 0 Å². The molecule has 1 aromatic carbocycles. The number of hydrogen-bond donors (Lipinski definition) is 1. The predicted molar refractivity (Wildman–Crippen MR) is 121 cm³/mol. The average Bonchev–Trinajstić information content (AvgIpc) is 3.40. The van der Waals surface area contributed by atoms with E-state index in [2.05, 4.69) is 29.0 Å². The molecule has 0 aliphatic rings. The smallest absolute Gasteiger partial charge is 0.240 e. The highest BCUT2D eigenvalue weighted by molar-refractivity contribution is 5.68. The number of rotatable bonds is 5. The van der Waals surface area contributed by atoms with Gasteiger partial charge in [0.25, 0.3) is 0 Å². The van der Waals surface area contributed by atoms with Gasteiger partial charge in [-0.2, -0.15) is 10.1 Å². The molecule has 0 saturated heterocycles. The molecule has 0 aliphatic heterocycles. The van der Waals surface area contributed by atoms with E-state index in [0.29, 0.717) is 5.65 Å². The van der Waals surface area contributed by atoms with E-state index < -0.39 is 0 Å². The first-order chi connectivity index (χ1) is 15.5. The van der Waals surface area contributed by atoms with Crippen LogP contribution in [-0.2, 0) is 0 Å². The highest BCUT2D eigenvalue weighted by Gasteiger charge is 2.20. The Hall–Kier alpha value is -4.07. The zero-order valence-corrected chi connectivity index (χ0v) is 17.7. The third kappa shape index (κ3) is 3.71. The molecule has 0 radical (unpaired) electrons. The number of fused-ring (bicyclic) bond motifs is 1. The molecule has 0 bridgehead atoms. The van der Waals surface area contributed by atoms with Crippen LogP contribution in [0.1, 0.15) is 25.5 Å². The minimum atomic E-state index is -0.245. The normalized spacial score (nSPS) is 12.5. The van der Waals surface area contributed by atoms with Crippen molar-refractivity contribution in [1.82, 2.24) is 29.4 Å². The fourth-order valence-corrected chi connectivity index (χ4v) is 3.94. The van der Waals surface area contributed by atoms with Gasteiger partial charge in [-0.3, -0.25) is 4.68 Å². The molecule has 0 aliphatic carbocycles. The summed E-state index contributed by atoms with van der Waals surface area (Å²) in [7, 11) is 0. The first-order valence-electron chi connectivity index (χ1n) is 10.4. The summed E-state index contributed by atoms with van der Waals surface area (Å²) < 4.78 is 17.0. The van der Waals surface area contributed by atoms with Crippen molar-refractivity contribution in [2.24, 2.45) is 5.92 Å². The van der Waals surface area contributed by atoms with Crippen LogP contribution in [0.2, 0.25) is 0 Å². The Morgan fingerprint density at radius 1 is 0.938 bits per heavy atom. The molecule has 32 heavy (non-hydrogen) atoms. The molecular weight excluding hydrogens is 405 g/mol. The number of nitrogens with two attached hydrogens (primary N) is 1.